The summed E-state index contributed by atoms with van der Waals surface area (Å²) in [7, 11) is 0. The number of benzene rings is 1. The van der Waals surface area contributed by atoms with Crippen LogP contribution in [0.3, 0.4) is 0 Å². The second kappa shape index (κ2) is 5.13. The van der Waals surface area contributed by atoms with Gasteiger partial charge in [0.25, 0.3) is 0 Å². The summed E-state index contributed by atoms with van der Waals surface area (Å²) in [5.74, 6) is 0.835. The maximum absolute atomic E-state index is 9.44. The first-order valence-electron chi connectivity index (χ1n) is 7.02. The number of nitrogen functional groups attached to an aromatic ring is 1. The zero-order chi connectivity index (χ0) is 15.0. The van der Waals surface area contributed by atoms with Crippen LogP contribution in [0.2, 0.25) is 0 Å². The van der Waals surface area contributed by atoms with Crippen molar-refractivity contribution in [3.05, 3.63) is 24.5 Å². The van der Waals surface area contributed by atoms with Gasteiger partial charge >= 0.3 is 0 Å². The van der Waals surface area contributed by atoms with Gasteiger partial charge in [-0.05, 0) is 32.0 Å². The number of aliphatic hydroxyl groups is 1. The Morgan fingerprint density at radius 1 is 1.43 bits per heavy atom. The molecule has 6 heteroatoms. The number of fused-ring (bicyclic) bond motifs is 1. The molecule has 1 aromatic heterocycles. The highest BCUT2D eigenvalue weighted by atomic mass is 16.5. The molecule has 3 N–H and O–H groups in total. The number of rotatable bonds is 2. The van der Waals surface area contributed by atoms with Gasteiger partial charge in [-0.15, -0.1) is 0 Å². The van der Waals surface area contributed by atoms with Gasteiger partial charge in [-0.2, -0.15) is 0 Å². The van der Waals surface area contributed by atoms with Gasteiger partial charge in [0.1, 0.15) is 12.1 Å². The number of aliphatic hydroxyl groups excluding tert-OH is 1. The monoisotopic (exact) mass is 288 g/mol. The lowest BCUT2D eigenvalue weighted by molar-refractivity contribution is -0.101. The van der Waals surface area contributed by atoms with Crippen molar-refractivity contribution in [3.8, 4) is 0 Å². The number of morpholine rings is 1. The number of aromatic nitrogens is 2. The molecular formula is C15H20N4O2. The van der Waals surface area contributed by atoms with E-state index in [4.69, 9.17) is 10.5 Å². The average molecular weight is 288 g/mol. The molecule has 21 heavy (non-hydrogen) atoms. The standard InChI is InChI=1S/C15H20N4O2/c1-15(2)8-19(6-11(7-20)21-15)14-12-5-10(16)3-4-13(12)17-9-18-14/h3-5,9,11,20H,6-8,16H2,1-2H3. The van der Waals surface area contributed by atoms with Crippen LogP contribution in [0.25, 0.3) is 10.9 Å². The molecule has 6 nitrogen and oxygen atoms in total. The van der Waals surface area contributed by atoms with Crippen LogP contribution in [0.1, 0.15) is 13.8 Å². The Morgan fingerprint density at radius 2 is 2.24 bits per heavy atom. The molecule has 0 spiro atoms. The minimum absolute atomic E-state index is 0.00884. The van der Waals surface area contributed by atoms with Crippen LogP contribution in [-0.4, -0.2) is 46.5 Å². The summed E-state index contributed by atoms with van der Waals surface area (Å²) in [5, 5.41) is 10.4. The number of hydrogen-bond acceptors (Lipinski definition) is 6. The van der Waals surface area contributed by atoms with Gasteiger partial charge in [0.2, 0.25) is 0 Å². The number of nitrogens with zero attached hydrogens (tertiary/aromatic N) is 3. The zero-order valence-corrected chi connectivity index (χ0v) is 12.3. The maximum atomic E-state index is 9.44. The van der Waals surface area contributed by atoms with Crippen LogP contribution in [0, 0.1) is 0 Å². The molecule has 1 saturated heterocycles. The number of nitrogens with two attached hydrogens (primary N) is 1. The molecule has 0 aliphatic carbocycles. The molecule has 0 amide bonds. The molecule has 1 fully saturated rings. The quantitative estimate of drug-likeness (QED) is 0.807. The van der Waals surface area contributed by atoms with Crippen molar-refractivity contribution >= 4 is 22.4 Å². The Kier molecular flexibility index (Phi) is 3.43. The molecule has 1 atom stereocenters. The fourth-order valence-corrected chi connectivity index (χ4v) is 2.86. The van der Waals surface area contributed by atoms with Crippen molar-refractivity contribution in [2.24, 2.45) is 0 Å². The average Bonchev–Trinajstić information content (AvgIpc) is 2.44. The SMILES string of the molecule is CC1(C)CN(c2ncnc3ccc(N)cc23)CC(CO)O1. The third-order valence-corrected chi connectivity index (χ3v) is 3.62. The number of anilines is 2. The van der Waals surface area contributed by atoms with Gasteiger partial charge in [-0.3, -0.25) is 0 Å². The molecule has 2 aromatic rings. The summed E-state index contributed by atoms with van der Waals surface area (Å²) in [6.07, 6.45) is 1.34. The third kappa shape index (κ3) is 2.77. The van der Waals surface area contributed by atoms with E-state index in [0.29, 0.717) is 18.8 Å². The van der Waals surface area contributed by atoms with Crippen molar-refractivity contribution in [1.82, 2.24) is 9.97 Å². The summed E-state index contributed by atoms with van der Waals surface area (Å²) in [4.78, 5) is 10.8. The molecule has 3 rings (SSSR count). The van der Waals surface area contributed by atoms with Crippen LogP contribution in [0.5, 0.6) is 0 Å². The summed E-state index contributed by atoms with van der Waals surface area (Å²) < 4.78 is 5.85. The Labute approximate surface area is 123 Å². The normalized spacial score (nSPS) is 21.7. The minimum Gasteiger partial charge on any atom is -0.399 e. The Balaban J connectivity index is 2.05. The minimum atomic E-state index is -0.344. The van der Waals surface area contributed by atoms with E-state index in [1.807, 2.05) is 32.0 Å². The van der Waals surface area contributed by atoms with Crippen molar-refractivity contribution in [2.75, 3.05) is 30.3 Å². The van der Waals surface area contributed by atoms with Crippen LogP contribution < -0.4 is 10.6 Å². The topological polar surface area (TPSA) is 84.5 Å². The Hall–Kier alpha value is -1.92. The van der Waals surface area contributed by atoms with Crippen LogP contribution in [-0.2, 0) is 4.74 Å². The van der Waals surface area contributed by atoms with Crippen molar-refractivity contribution in [2.45, 2.75) is 25.6 Å². The van der Waals surface area contributed by atoms with E-state index in [1.165, 1.54) is 0 Å². The highest BCUT2D eigenvalue weighted by molar-refractivity contribution is 5.91. The highest BCUT2D eigenvalue weighted by Crippen LogP contribution is 2.30. The first-order valence-corrected chi connectivity index (χ1v) is 7.02. The van der Waals surface area contributed by atoms with Gasteiger partial charge in [0.05, 0.1) is 23.8 Å². The van der Waals surface area contributed by atoms with E-state index in [0.717, 1.165) is 16.7 Å². The second-order valence-corrected chi connectivity index (χ2v) is 6.04. The van der Waals surface area contributed by atoms with Gasteiger partial charge in [0.15, 0.2) is 0 Å². The fourth-order valence-electron chi connectivity index (χ4n) is 2.86. The molecule has 1 aromatic carbocycles. The molecule has 0 bridgehead atoms. The molecule has 0 radical (unpaired) electrons. The van der Waals surface area contributed by atoms with Gasteiger partial charge in [-0.1, -0.05) is 0 Å². The van der Waals surface area contributed by atoms with Crippen molar-refractivity contribution < 1.29 is 9.84 Å². The number of ether oxygens (including phenoxy) is 1. The van der Waals surface area contributed by atoms with Gasteiger partial charge in [-0.25, -0.2) is 9.97 Å². The first-order chi connectivity index (χ1) is 9.98. The number of hydrogen-bond donors (Lipinski definition) is 2. The fraction of sp³-hybridized carbons (Fsp3) is 0.467. The van der Waals surface area contributed by atoms with E-state index >= 15 is 0 Å². The van der Waals surface area contributed by atoms with E-state index < -0.39 is 0 Å². The molecular weight excluding hydrogens is 268 g/mol. The van der Waals surface area contributed by atoms with E-state index in [9.17, 15) is 5.11 Å². The molecule has 1 aliphatic heterocycles. The maximum Gasteiger partial charge on any atom is 0.140 e. The molecule has 112 valence electrons. The first kappa shape index (κ1) is 14.0. The summed E-state index contributed by atoms with van der Waals surface area (Å²) in [5.41, 5.74) is 7.09. The van der Waals surface area contributed by atoms with E-state index in [1.54, 1.807) is 6.33 Å². The van der Waals surface area contributed by atoms with Crippen LogP contribution >= 0.6 is 0 Å². The predicted molar refractivity (Wildman–Crippen MR) is 82.2 cm³/mol. The Morgan fingerprint density at radius 3 is 3.00 bits per heavy atom. The van der Waals surface area contributed by atoms with Crippen LogP contribution in [0.4, 0.5) is 11.5 Å². The smallest absolute Gasteiger partial charge is 0.140 e. The molecule has 1 aliphatic rings. The van der Waals surface area contributed by atoms with Crippen molar-refractivity contribution in [3.63, 3.8) is 0 Å². The summed E-state index contributed by atoms with van der Waals surface area (Å²) in [6.45, 7) is 5.31. The molecule has 0 saturated carbocycles. The molecule has 2 heterocycles. The largest absolute Gasteiger partial charge is 0.399 e. The lowest BCUT2D eigenvalue weighted by Gasteiger charge is -2.43. The summed E-state index contributed by atoms with van der Waals surface area (Å²) >= 11 is 0. The lowest BCUT2D eigenvalue weighted by Crippen LogP contribution is -2.54. The van der Waals surface area contributed by atoms with Gasteiger partial charge in [0, 0.05) is 24.2 Å². The van der Waals surface area contributed by atoms with Gasteiger partial charge < -0.3 is 20.5 Å². The molecule has 1 unspecified atom stereocenters. The van der Waals surface area contributed by atoms with Crippen LogP contribution in [0.15, 0.2) is 24.5 Å². The second-order valence-electron chi connectivity index (χ2n) is 6.04. The van der Waals surface area contributed by atoms with E-state index in [2.05, 4.69) is 14.9 Å². The lowest BCUT2D eigenvalue weighted by atomic mass is 10.0. The Bertz CT molecular complexity index is 659. The third-order valence-electron chi connectivity index (χ3n) is 3.62. The predicted octanol–water partition coefficient (Wildman–Crippen LogP) is 1.19. The van der Waals surface area contributed by atoms with E-state index in [-0.39, 0.29) is 18.3 Å². The summed E-state index contributed by atoms with van der Waals surface area (Å²) in [6, 6.07) is 5.62. The zero-order valence-electron chi connectivity index (χ0n) is 12.3. The highest BCUT2D eigenvalue weighted by Gasteiger charge is 2.34. The van der Waals surface area contributed by atoms with Crippen molar-refractivity contribution in [1.29, 1.82) is 0 Å².